The van der Waals surface area contributed by atoms with E-state index in [1.165, 1.54) is 29.8 Å². The summed E-state index contributed by atoms with van der Waals surface area (Å²) < 4.78 is 59.0. The van der Waals surface area contributed by atoms with Crippen LogP contribution in [0.2, 0.25) is 5.02 Å². The number of ether oxygens (including phenoxy) is 1. The van der Waals surface area contributed by atoms with E-state index in [-0.39, 0.29) is 57.0 Å². The molecule has 3 N–H and O–H groups in total. The molecule has 0 radical (unpaired) electrons. The number of nitrogens with zero attached hydrogens (tertiary/aromatic N) is 4. The number of nitrogens with two attached hydrogens (primary N) is 1. The fraction of sp³-hybridized carbons (Fsp3) is 0.367. The van der Waals surface area contributed by atoms with Gasteiger partial charge in [0.15, 0.2) is 17.4 Å². The lowest BCUT2D eigenvalue weighted by Gasteiger charge is -2.33. The molecule has 46 heavy (non-hydrogen) atoms. The molecule has 11 nitrogen and oxygen atoms in total. The highest BCUT2D eigenvalue weighted by atomic mass is 35.5. The van der Waals surface area contributed by atoms with E-state index >= 15 is 0 Å². The maximum atomic E-state index is 14.7. The van der Waals surface area contributed by atoms with Crippen LogP contribution < -0.4 is 15.8 Å². The van der Waals surface area contributed by atoms with Crippen LogP contribution in [0.5, 0.6) is 5.75 Å². The van der Waals surface area contributed by atoms with E-state index in [0.29, 0.717) is 45.4 Å². The predicted molar refractivity (Wildman–Crippen MR) is 157 cm³/mol. The summed E-state index contributed by atoms with van der Waals surface area (Å²) >= 11 is 6.42. The zero-order chi connectivity index (χ0) is 33.3. The number of anilines is 1. The first-order valence-corrected chi connectivity index (χ1v) is 14.7. The molecule has 1 aromatic heterocycles. The molecule has 0 aliphatic carbocycles. The van der Waals surface area contributed by atoms with Gasteiger partial charge in [-0.2, -0.15) is 13.2 Å². The predicted octanol–water partition coefficient (Wildman–Crippen LogP) is 4.06. The molecule has 5 rings (SSSR count). The van der Waals surface area contributed by atoms with Crippen molar-refractivity contribution in [3.63, 3.8) is 0 Å². The van der Waals surface area contributed by atoms with Gasteiger partial charge in [-0.3, -0.25) is 19.2 Å². The number of aromatic nitrogens is 2. The van der Waals surface area contributed by atoms with Crippen molar-refractivity contribution >= 4 is 40.9 Å². The Hall–Kier alpha value is -4.66. The van der Waals surface area contributed by atoms with Crippen LogP contribution in [0.4, 0.5) is 23.2 Å². The van der Waals surface area contributed by atoms with Crippen molar-refractivity contribution in [1.29, 1.82) is 0 Å². The normalized spacial score (nSPS) is 17.0. The molecular formula is C30H29ClF4N6O5. The van der Waals surface area contributed by atoms with E-state index in [2.05, 4.69) is 15.0 Å². The van der Waals surface area contributed by atoms with E-state index in [4.69, 9.17) is 17.3 Å². The summed E-state index contributed by atoms with van der Waals surface area (Å²) in [7, 11) is 1.38. The van der Waals surface area contributed by atoms with E-state index in [9.17, 15) is 36.7 Å². The Labute approximate surface area is 265 Å². The Morgan fingerprint density at radius 1 is 1.00 bits per heavy atom. The molecule has 2 saturated heterocycles. The van der Waals surface area contributed by atoms with Crippen LogP contribution in [-0.2, 0) is 16.6 Å². The molecule has 2 aliphatic rings. The zero-order valence-electron chi connectivity index (χ0n) is 24.4. The number of primary amides is 1. The molecule has 3 aromatic rings. The average Bonchev–Trinajstić information content (AvgIpc) is 3.67. The molecule has 2 aliphatic heterocycles. The fourth-order valence-corrected chi connectivity index (χ4v) is 5.95. The molecule has 3 heterocycles. The molecule has 1 unspecified atom stereocenters. The number of benzene rings is 2. The third-order valence-corrected chi connectivity index (χ3v) is 8.53. The van der Waals surface area contributed by atoms with Crippen LogP contribution >= 0.6 is 11.6 Å². The number of nitrogens with one attached hydrogen (secondary N) is 1. The maximum absolute atomic E-state index is 14.7. The summed E-state index contributed by atoms with van der Waals surface area (Å²) in [5, 5.41) is 2.66. The molecule has 4 amide bonds. The number of halogens is 5. The topological polar surface area (TPSA) is 140 Å². The first-order chi connectivity index (χ1) is 21.8. The van der Waals surface area contributed by atoms with Gasteiger partial charge in [-0.05, 0) is 49.6 Å². The van der Waals surface area contributed by atoms with Crippen molar-refractivity contribution in [2.75, 3.05) is 31.5 Å². The Morgan fingerprint density at radius 3 is 2.30 bits per heavy atom. The quantitative estimate of drug-likeness (QED) is 0.348. The van der Waals surface area contributed by atoms with Gasteiger partial charge in [0.2, 0.25) is 17.6 Å². The van der Waals surface area contributed by atoms with E-state index in [0.717, 1.165) is 18.3 Å². The van der Waals surface area contributed by atoms with Crippen molar-refractivity contribution in [2.45, 2.75) is 25.9 Å². The second-order valence-electron chi connectivity index (χ2n) is 11.0. The van der Waals surface area contributed by atoms with Crippen molar-refractivity contribution in [3.05, 3.63) is 64.6 Å². The number of hydrogen-bond acceptors (Lipinski definition) is 6. The summed E-state index contributed by atoms with van der Waals surface area (Å²) in [6.45, 7) is -1.86. The Kier molecular flexibility index (Phi) is 9.51. The second kappa shape index (κ2) is 13.4. The number of amides is 4. The number of hydrogen-bond donors (Lipinski definition) is 2. The van der Waals surface area contributed by atoms with Gasteiger partial charge in [-0.15, -0.1) is 0 Å². The van der Waals surface area contributed by atoms with Gasteiger partial charge in [0.05, 0.1) is 28.4 Å². The van der Waals surface area contributed by atoms with Crippen LogP contribution in [0, 0.1) is 23.5 Å². The van der Waals surface area contributed by atoms with Crippen LogP contribution in [-0.4, -0.2) is 75.8 Å². The van der Waals surface area contributed by atoms with Crippen molar-refractivity contribution in [2.24, 2.45) is 24.6 Å². The van der Waals surface area contributed by atoms with Crippen LogP contribution in [0.15, 0.2) is 36.5 Å². The molecule has 2 aromatic carbocycles. The van der Waals surface area contributed by atoms with Crippen molar-refractivity contribution < 1.29 is 41.5 Å². The minimum absolute atomic E-state index is 0.00937. The Balaban J connectivity index is 1.20. The molecule has 0 bridgehead atoms. The first-order valence-electron chi connectivity index (χ1n) is 14.3. The minimum Gasteiger partial charge on any atom is -0.432 e. The van der Waals surface area contributed by atoms with Gasteiger partial charge in [0, 0.05) is 50.4 Å². The summed E-state index contributed by atoms with van der Waals surface area (Å²) in [5.41, 5.74) is 5.45. The summed E-state index contributed by atoms with van der Waals surface area (Å²) in [5.74, 6) is -6.33. The van der Waals surface area contributed by atoms with Gasteiger partial charge >= 0.3 is 6.61 Å². The van der Waals surface area contributed by atoms with E-state index in [1.807, 2.05) is 0 Å². The molecule has 0 saturated carbocycles. The molecular weight excluding hydrogens is 636 g/mol. The summed E-state index contributed by atoms with van der Waals surface area (Å²) in [4.78, 5) is 57.8. The lowest BCUT2D eigenvalue weighted by Crippen LogP contribution is -2.44. The maximum Gasteiger partial charge on any atom is 0.387 e. The first kappa shape index (κ1) is 32.7. The number of likely N-dealkylation sites (tertiary alicyclic amines) is 2. The zero-order valence-corrected chi connectivity index (χ0v) is 25.2. The Morgan fingerprint density at radius 2 is 1.67 bits per heavy atom. The highest BCUT2D eigenvalue weighted by Crippen LogP contribution is 2.32. The molecule has 0 spiro atoms. The number of rotatable bonds is 8. The smallest absolute Gasteiger partial charge is 0.387 e. The van der Waals surface area contributed by atoms with Gasteiger partial charge in [-0.1, -0.05) is 11.6 Å². The van der Waals surface area contributed by atoms with Crippen LogP contribution in [0.1, 0.15) is 40.2 Å². The highest BCUT2D eigenvalue weighted by molar-refractivity contribution is 6.34. The number of carbonyl (C=O) groups excluding carboxylic acids is 4. The van der Waals surface area contributed by atoms with Crippen LogP contribution in [0.25, 0.3) is 11.3 Å². The second-order valence-corrected chi connectivity index (χ2v) is 11.4. The van der Waals surface area contributed by atoms with Gasteiger partial charge in [0.1, 0.15) is 0 Å². The number of piperidine rings is 1. The van der Waals surface area contributed by atoms with E-state index < -0.39 is 35.8 Å². The highest BCUT2D eigenvalue weighted by Gasteiger charge is 2.35. The van der Waals surface area contributed by atoms with E-state index in [1.54, 1.807) is 9.80 Å². The minimum atomic E-state index is -3.34. The van der Waals surface area contributed by atoms with Crippen LogP contribution in [0.3, 0.4) is 0 Å². The largest absolute Gasteiger partial charge is 0.432 e. The number of imidazole rings is 1. The lowest BCUT2D eigenvalue weighted by molar-refractivity contribution is -0.136. The third-order valence-electron chi connectivity index (χ3n) is 8.22. The fourth-order valence-electron chi connectivity index (χ4n) is 5.69. The molecule has 1 atom stereocenters. The van der Waals surface area contributed by atoms with Gasteiger partial charge in [0.25, 0.3) is 11.8 Å². The molecule has 244 valence electrons. The van der Waals surface area contributed by atoms with Gasteiger partial charge in [-0.25, -0.2) is 9.37 Å². The lowest BCUT2D eigenvalue weighted by atomic mass is 9.94. The molecule has 16 heteroatoms. The number of alkyl halides is 2. The summed E-state index contributed by atoms with van der Waals surface area (Å²) in [6.07, 6.45) is 2.60. The number of carbonyl (C=O) groups is 4. The monoisotopic (exact) mass is 664 g/mol. The third kappa shape index (κ3) is 6.64. The SMILES string of the molecule is Cn1c(-c2ccc(OC(F)F)c(F)c2F)cnc1C(=O)Nc1ccc(C(=O)N2CCC(C(=O)N3CCC(C(N)=O)C3)CC2)c(Cl)c1. The summed E-state index contributed by atoms with van der Waals surface area (Å²) in [6, 6.07) is 6.17. The van der Waals surface area contributed by atoms with Crippen molar-refractivity contribution in [3.8, 4) is 17.0 Å². The standard InChI is InChI=1S/C30H29ClF4N6O5/c1-39-21(19-4-5-22(46-30(34)35)24(33)23(19)32)13-37-26(39)27(43)38-17-2-3-18(20(31)12-17)29(45)40-9-6-15(7-10-40)28(44)41-11-8-16(14-41)25(36)42/h2-5,12-13,15-16,30H,6-11,14H2,1H3,(H2,36,42)(H,38,43). The Bertz CT molecular complexity index is 1690. The van der Waals surface area contributed by atoms with Gasteiger partial charge < -0.3 is 30.2 Å². The average molecular weight is 665 g/mol. The molecule has 2 fully saturated rings. The van der Waals surface area contributed by atoms with Crippen molar-refractivity contribution in [1.82, 2.24) is 19.4 Å².